The Morgan fingerprint density at radius 2 is 1.83 bits per heavy atom. The summed E-state index contributed by atoms with van der Waals surface area (Å²) in [5.74, 6) is -0.763. The normalized spacial score (nSPS) is 21.1. The van der Waals surface area contributed by atoms with E-state index in [0.717, 1.165) is 13.1 Å². The predicted molar refractivity (Wildman–Crippen MR) is 42.1 cm³/mol. The van der Waals surface area contributed by atoms with Crippen LogP contribution in [0.5, 0.6) is 0 Å². The number of nitrogens with zero attached hydrogens (tertiary/aromatic N) is 2. The first-order chi connectivity index (χ1) is 5.68. The van der Waals surface area contributed by atoms with Crippen LogP contribution < -0.4 is 0 Å². The molecule has 0 spiro atoms. The van der Waals surface area contributed by atoms with Gasteiger partial charge in [-0.25, -0.2) is 0 Å². The molecule has 0 aromatic carbocycles. The fourth-order valence-corrected chi connectivity index (χ4v) is 1.21. The molecule has 1 fully saturated rings. The van der Waals surface area contributed by atoms with Crippen LogP contribution in [0.2, 0.25) is 0 Å². The van der Waals surface area contributed by atoms with E-state index in [4.69, 9.17) is 10.3 Å². The Balaban J connectivity index is 2.13. The second kappa shape index (κ2) is 4.39. The summed E-state index contributed by atoms with van der Waals surface area (Å²) < 4.78 is 0. The zero-order chi connectivity index (χ0) is 8.97. The summed E-state index contributed by atoms with van der Waals surface area (Å²) >= 11 is 0. The fraction of sp³-hybridized carbons (Fsp3) is 0.857. The molecular weight excluding hydrogens is 160 g/mol. The van der Waals surface area contributed by atoms with Crippen molar-refractivity contribution in [3.8, 4) is 0 Å². The topological polar surface area (TPSA) is 64.0 Å². The molecular formula is C7H14N2O3. The summed E-state index contributed by atoms with van der Waals surface area (Å²) in [4.78, 5) is 12.3. The van der Waals surface area contributed by atoms with E-state index >= 15 is 0 Å². The SMILES string of the molecule is O=C(O)CCN1CCN(O)CC1. The van der Waals surface area contributed by atoms with Crippen molar-refractivity contribution in [2.24, 2.45) is 0 Å². The van der Waals surface area contributed by atoms with Crippen molar-refractivity contribution < 1.29 is 15.1 Å². The summed E-state index contributed by atoms with van der Waals surface area (Å²) in [6.45, 7) is 3.32. The standard InChI is InChI=1S/C7H14N2O3/c10-7(11)1-2-8-3-5-9(12)6-4-8/h12H,1-6H2,(H,10,11). The number of hydroxylamine groups is 2. The second-order valence-corrected chi connectivity index (χ2v) is 2.94. The first kappa shape index (κ1) is 9.44. The van der Waals surface area contributed by atoms with Crippen LogP contribution in [0.15, 0.2) is 0 Å². The molecule has 0 atom stereocenters. The van der Waals surface area contributed by atoms with E-state index in [1.54, 1.807) is 0 Å². The molecule has 1 saturated heterocycles. The van der Waals surface area contributed by atoms with E-state index < -0.39 is 5.97 Å². The molecule has 1 rings (SSSR count). The maximum atomic E-state index is 10.2. The minimum atomic E-state index is -0.763. The van der Waals surface area contributed by atoms with Crippen molar-refractivity contribution in [2.75, 3.05) is 32.7 Å². The number of rotatable bonds is 3. The smallest absolute Gasteiger partial charge is 0.304 e. The van der Waals surface area contributed by atoms with Gasteiger partial charge in [-0.1, -0.05) is 0 Å². The van der Waals surface area contributed by atoms with Crippen LogP contribution in [0.4, 0.5) is 0 Å². The van der Waals surface area contributed by atoms with E-state index in [-0.39, 0.29) is 6.42 Å². The van der Waals surface area contributed by atoms with Crippen LogP contribution in [0.25, 0.3) is 0 Å². The fourth-order valence-electron chi connectivity index (χ4n) is 1.21. The Hall–Kier alpha value is -0.650. The van der Waals surface area contributed by atoms with Gasteiger partial charge in [0.1, 0.15) is 0 Å². The van der Waals surface area contributed by atoms with Gasteiger partial charge in [0.25, 0.3) is 0 Å². The highest BCUT2D eigenvalue weighted by atomic mass is 16.5. The molecule has 5 heteroatoms. The van der Waals surface area contributed by atoms with E-state index in [2.05, 4.69) is 0 Å². The van der Waals surface area contributed by atoms with Crippen molar-refractivity contribution >= 4 is 5.97 Å². The number of aliphatic carboxylic acids is 1. The Morgan fingerprint density at radius 1 is 1.25 bits per heavy atom. The molecule has 0 amide bonds. The average Bonchev–Trinajstić information content (AvgIpc) is 2.03. The molecule has 1 aliphatic rings. The number of hydrogen-bond donors (Lipinski definition) is 2. The van der Waals surface area contributed by atoms with Gasteiger partial charge in [0, 0.05) is 32.7 Å². The van der Waals surface area contributed by atoms with Crippen LogP contribution >= 0.6 is 0 Å². The maximum Gasteiger partial charge on any atom is 0.304 e. The highest BCUT2D eigenvalue weighted by Crippen LogP contribution is 1.99. The van der Waals surface area contributed by atoms with E-state index in [0.29, 0.717) is 19.6 Å². The lowest BCUT2D eigenvalue weighted by molar-refractivity contribution is -0.138. The third kappa shape index (κ3) is 3.17. The molecule has 0 bridgehead atoms. The summed E-state index contributed by atoms with van der Waals surface area (Å²) in [6.07, 6.45) is 0.186. The summed E-state index contributed by atoms with van der Waals surface area (Å²) in [6, 6.07) is 0. The summed E-state index contributed by atoms with van der Waals surface area (Å²) in [7, 11) is 0. The Bertz CT molecular complexity index is 155. The third-order valence-corrected chi connectivity index (χ3v) is 1.99. The Kier molecular flexibility index (Phi) is 3.46. The number of carboxylic acids is 1. The molecule has 2 N–H and O–H groups in total. The number of piperazine rings is 1. The Labute approximate surface area is 71.1 Å². The minimum Gasteiger partial charge on any atom is -0.481 e. The summed E-state index contributed by atoms with van der Waals surface area (Å²) in [5.41, 5.74) is 0. The average molecular weight is 174 g/mol. The van der Waals surface area contributed by atoms with E-state index in [9.17, 15) is 4.79 Å². The van der Waals surface area contributed by atoms with Crippen LogP contribution in [-0.4, -0.2) is 59.0 Å². The molecule has 0 radical (unpaired) electrons. The van der Waals surface area contributed by atoms with Crippen LogP contribution in [0.1, 0.15) is 6.42 Å². The molecule has 70 valence electrons. The largest absolute Gasteiger partial charge is 0.481 e. The van der Waals surface area contributed by atoms with Crippen LogP contribution in [-0.2, 0) is 4.79 Å². The molecule has 0 aliphatic carbocycles. The third-order valence-electron chi connectivity index (χ3n) is 1.99. The van der Waals surface area contributed by atoms with Gasteiger partial charge in [-0.15, -0.1) is 0 Å². The molecule has 0 aromatic heterocycles. The first-order valence-electron chi connectivity index (χ1n) is 4.06. The molecule has 1 heterocycles. The van der Waals surface area contributed by atoms with Crippen molar-refractivity contribution in [2.45, 2.75) is 6.42 Å². The Morgan fingerprint density at radius 3 is 2.33 bits per heavy atom. The van der Waals surface area contributed by atoms with Gasteiger partial charge in [0.2, 0.25) is 0 Å². The van der Waals surface area contributed by atoms with E-state index in [1.807, 2.05) is 4.90 Å². The van der Waals surface area contributed by atoms with Crippen molar-refractivity contribution in [1.29, 1.82) is 0 Å². The van der Waals surface area contributed by atoms with Crippen molar-refractivity contribution in [1.82, 2.24) is 9.96 Å². The molecule has 12 heavy (non-hydrogen) atoms. The zero-order valence-corrected chi connectivity index (χ0v) is 6.94. The van der Waals surface area contributed by atoms with Gasteiger partial charge < -0.3 is 15.2 Å². The monoisotopic (exact) mass is 174 g/mol. The first-order valence-corrected chi connectivity index (χ1v) is 4.06. The molecule has 1 aliphatic heterocycles. The lowest BCUT2D eigenvalue weighted by Crippen LogP contribution is -2.45. The number of carboxylic acid groups (broad SMARTS) is 1. The van der Waals surface area contributed by atoms with Crippen molar-refractivity contribution in [3.05, 3.63) is 0 Å². The molecule has 0 saturated carbocycles. The molecule has 5 nitrogen and oxygen atoms in total. The summed E-state index contributed by atoms with van der Waals surface area (Å²) in [5, 5.41) is 18.7. The number of hydrogen-bond acceptors (Lipinski definition) is 4. The van der Waals surface area contributed by atoms with Gasteiger partial charge >= 0.3 is 5.97 Å². The lowest BCUT2D eigenvalue weighted by atomic mass is 10.3. The van der Waals surface area contributed by atoms with Gasteiger partial charge in [0.15, 0.2) is 0 Å². The molecule has 0 aromatic rings. The van der Waals surface area contributed by atoms with Crippen molar-refractivity contribution in [3.63, 3.8) is 0 Å². The quantitative estimate of drug-likeness (QED) is 0.602. The molecule has 0 unspecified atom stereocenters. The van der Waals surface area contributed by atoms with E-state index in [1.165, 1.54) is 5.06 Å². The maximum absolute atomic E-state index is 10.2. The highest BCUT2D eigenvalue weighted by Gasteiger charge is 2.14. The lowest BCUT2D eigenvalue weighted by Gasteiger charge is -2.30. The van der Waals surface area contributed by atoms with Crippen LogP contribution in [0.3, 0.4) is 0 Å². The van der Waals surface area contributed by atoms with Gasteiger partial charge in [-0.2, -0.15) is 5.06 Å². The number of carbonyl (C=O) groups is 1. The minimum absolute atomic E-state index is 0.186. The second-order valence-electron chi connectivity index (χ2n) is 2.94. The predicted octanol–water partition coefficient (Wildman–Crippen LogP) is -0.532. The van der Waals surface area contributed by atoms with Gasteiger partial charge in [0.05, 0.1) is 6.42 Å². The van der Waals surface area contributed by atoms with Gasteiger partial charge in [-0.3, -0.25) is 4.79 Å². The zero-order valence-electron chi connectivity index (χ0n) is 6.94. The van der Waals surface area contributed by atoms with Crippen LogP contribution in [0, 0.1) is 0 Å². The highest BCUT2D eigenvalue weighted by molar-refractivity contribution is 5.66. The van der Waals surface area contributed by atoms with Gasteiger partial charge in [-0.05, 0) is 0 Å².